The quantitative estimate of drug-likeness (QED) is 0.327. The molecule has 1 aliphatic heterocycles. The van der Waals surface area contributed by atoms with Crippen molar-refractivity contribution in [2.75, 3.05) is 37.0 Å². The van der Waals surface area contributed by atoms with Crippen molar-refractivity contribution in [2.24, 2.45) is 5.92 Å². The van der Waals surface area contributed by atoms with E-state index in [-0.39, 0.29) is 12.3 Å². The summed E-state index contributed by atoms with van der Waals surface area (Å²) < 4.78 is 20.2. The number of aromatic nitrogens is 2. The highest BCUT2D eigenvalue weighted by Crippen LogP contribution is 2.38. The average Bonchev–Trinajstić information content (AvgIpc) is 3.42. The highest BCUT2D eigenvalue weighted by Gasteiger charge is 2.28. The zero-order valence-corrected chi connectivity index (χ0v) is 22.3. The number of amides is 1. The summed E-state index contributed by atoms with van der Waals surface area (Å²) in [7, 11) is 3.53. The molecule has 0 aliphatic carbocycles. The Kier molecular flexibility index (Phi) is 7.56. The Bertz CT molecular complexity index is 1510. The molecular weight excluding hydrogens is 519 g/mol. The van der Waals surface area contributed by atoms with E-state index in [2.05, 4.69) is 9.97 Å². The normalized spacial score (nSPS) is 13.4. The molecule has 0 bridgehead atoms. The molecule has 1 amide bonds. The minimum Gasteiger partial charge on any atom is -0.488 e. The predicted octanol–water partition coefficient (Wildman–Crippen LogP) is 5.14. The summed E-state index contributed by atoms with van der Waals surface area (Å²) in [4.78, 5) is 37.5. The maximum Gasteiger partial charge on any atom is 0.304 e. The Hall–Kier alpha value is -4.31. The van der Waals surface area contributed by atoms with Crippen LogP contribution in [-0.2, 0) is 16.0 Å². The van der Waals surface area contributed by atoms with Crippen LogP contribution in [0.25, 0.3) is 22.4 Å². The molecular formula is C29H27FN4O4S. The number of pyridine rings is 1. The van der Waals surface area contributed by atoms with Gasteiger partial charge in [-0.05, 0) is 35.7 Å². The number of anilines is 2. The molecule has 8 nitrogen and oxygen atoms in total. The largest absolute Gasteiger partial charge is 0.488 e. The van der Waals surface area contributed by atoms with Crippen LogP contribution < -0.4 is 14.5 Å². The van der Waals surface area contributed by atoms with E-state index in [1.54, 1.807) is 24.7 Å². The second-order valence-corrected chi connectivity index (χ2v) is 10.2. The number of ether oxygens (including phenoxy) is 1. The molecule has 5 rings (SSSR count). The zero-order valence-electron chi connectivity index (χ0n) is 21.5. The number of carboxylic acids is 1. The first-order valence-corrected chi connectivity index (χ1v) is 13.3. The Morgan fingerprint density at radius 1 is 1.18 bits per heavy atom. The van der Waals surface area contributed by atoms with Gasteiger partial charge in [0.2, 0.25) is 5.91 Å². The van der Waals surface area contributed by atoms with E-state index in [9.17, 15) is 19.1 Å². The predicted molar refractivity (Wildman–Crippen MR) is 149 cm³/mol. The summed E-state index contributed by atoms with van der Waals surface area (Å²) in [5.74, 6) is -1.16. The van der Waals surface area contributed by atoms with Crippen LogP contribution in [-0.4, -0.2) is 54.2 Å². The molecule has 1 N–H and O–H groups in total. The van der Waals surface area contributed by atoms with Crippen molar-refractivity contribution >= 4 is 34.2 Å². The van der Waals surface area contributed by atoms with Gasteiger partial charge < -0.3 is 14.7 Å². The van der Waals surface area contributed by atoms with Gasteiger partial charge in [0.15, 0.2) is 16.7 Å². The number of hydrogen-bond donors (Lipinski definition) is 1. The SMILES string of the molecule is CN1CCOc2cc(-c3ccc(F)cc3-c3csc(N(C)C(=O)C(CC(=O)O)Cc4ccccc4)n3)cnc21. The molecule has 4 aromatic rings. The van der Waals surface area contributed by atoms with Crippen molar-refractivity contribution in [1.29, 1.82) is 0 Å². The van der Waals surface area contributed by atoms with E-state index < -0.39 is 17.7 Å². The Balaban J connectivity index is 1.44. The number of carboxylic acid groups (broad SMARTS) is 1. The lowest BCUT2D eigenvalue weighted by molar-refractivity contribution is -0.140. The van der Waals surface area contributed by atoms with Crippen LogP contribution in [0.2, 0.25) is 0 Å². The lowest BCUT2D eigenvalue weighted by atomic mass is 9.95. The van der Waals surface area contributed by atoms with Gasteiger partial charge in [-0.25, -0.2) is 14.4 Å². The number of aliphatic carboxylic acids is 1. The average molecular weight is 547 g/mol. The summed E-state index contributed by atoms with van der Waals surface area (Å²) in [6, 6.07) is 15.7. The van der Waals surface area contributed by atoms with Crippen LogP contribution in [0.15, 0.2) is 66.2 Å². The van der Waals surface area contributed by atoms with E-state index >= 15 is 0 Å². The van der Waals surface area contributed by atoms with Crippen molar-refractivity contribution in [2.45, 2.75) is 12.8 Å². The molecule has 0 spiro atoms. The van der Waals surface area contributed by atoms with Crippen molar-refractivity contribution in [3.63, 3.8) is 0 Å². The summed E-state index contributed by atoms with van der Waals surface area (Å²) >= 11 is 1.23. The molecule has 39 heavy (non-hydrogen) atoms. The lowest BCUT2D eigenvalue weighted by Crippen LogP contribution is -2.35. The van der Waals surface area contributed by atoms with E-state index in [1.807, 2.05) is 48.3 Å². The highest BCUT2D eigenvalue weighted by molar-refractivity contribution is 7.14. The lowest BCUT2D eigenvalue weighted by Gasteiger charge is -2.26. The van der Waals surface area contributed by atoms with Gasteiger partial charge in [0.05, 0.1) is 24.6 Å². The number of fused-ring (bicyclic) bond motifs is 1. The summed E-state index contributed by atoms with van der Waals surface area (Å²) in [6.07, 6.45) is 1.72. The first kappa shape index (κ1) is 26.3. The molecule has 1 unspecified atom stereocenters. The maximum atomic E-state index is 14.4. The van der Waals surface area contributed by atoms with Gasteiger partial charge >= 0.3 is 5.97 Å². The van der Waals surface area contributed by atoms with E-state index in [0.29, 0.717) is 35.2 Å². The topological polar surface area (TPSA) is 95.9 Å². The molecule has 0 saturated carbocycles. The molecule has 1 aliphatic rings. The van der Waals surface area contributed by atoms with Crippen LogP contribution in [0, 0.1) is 11.7 Å². The number of carbonyl (C=O) groups excluding carboxylic acids is 1. The fraction of sp³-hybridized carbons (Fsp3) is 0.241. The number of hydrogen-bond acceptors (Lipinski definition) is 7. The van der Waals surface area contributed by atoms with Crippen molar-refractivity contribution < 1.29 is 23.8 Å². The fourth-order valence-corrected chi connectivity index (χ4v) is 5.42. The molecule has 200 valence electrons. The van der Waals surface area contributed by atoms with Gasteiger partial charge in [0.1, 0.15) is 12.4 Å². The number of carbonyl (C=O) groups is 2. The molecule has 2 aromatic carbocycles. The summed E-state index contributed by atoms with van der Waals surface area (Å²) in [6.45, 7) is 1.29. The second-order valence-electron chi connectivity index (χ2n) is 9.40. The minimum atomic E-state index is -1.05. The zero-order chi connectivity index (χ0) is 27.5. The van der Waals surface area contributed by atoms with Crippen LogP contribution >= 0.6 is 11.3 Å². The molecule has 0 saturated heterocycles. The third kappa shape index (κ3) is 5.75. The maximum absolute atomic E-state index is 14.4. The third-order valence-electron chi connectivity index (χ3n) is 6.65. The van der Waals surface area contributed by atoms with E-state index in [1.165, 1.54) is 28.4 Å². The number of likely N-dealkylation sites (N-methyl/N-ethyl adjacent to an activating group) is 1. The number of halogens is 1. The number of thiazole rings is 1. The Morgan fingerprint density at radius 3 is 2.74 bits per heavy atom. The van der Waals surface area contributed by atoms with Gasteiger partial charge in [-0.2, -0.15) is 0 Å². The van der Waals surface area contributed by atoms with Gasteiger partial charge in [0.25, 0.3) is 0 Å². The standard InChI is InChI=1S/C29H27FN4O4S/c1-33-10-11-38-25-13-20(16-31-27(25)33)22-9-8-21(30)15-23(22)24-17-39-29(32-24)34(2)28(37)19(14-26(35)36)12-18-6-4-3-5-7-18/h3-9,13,15-17,19H,10-12,14H2,1-2H3,(H,35,36). The number of rotatable bonds is 8. The number of benzene rings is 2. The Labute approximate surface area is 229 Å². The summed E-state index contributed by atoms with van der Waals surface area (Å²) in [5, 5.41) is 11.6. The van der Waals surface area contributed by atoms with Crippen LogP contribution in [0.4, 0.5) is 15.3 Å². The molecule has 3 heterocycles. The first-order chi connectivity index (χ1) is 18.8. The first-order valence-electron chi connectivity index (χ1n) is 12.4. The van der Waals surface area contributed by atoms with Crippen molar-refractivity contribution in [1.82, 2.24) is 9.97 Å². The van der Waals surface area contributed by atoms with Gasteiger partial charge in [0, 0.05) is 36.8 Å². The smallest absolute Gasteiger partial charge is 0.304 e. The van der Waals surface area contributed by atoms with Gasteiger partial charge in [-0.15, -0.1) is 11.3 Å². The Morgan fingerprint density at radius 2 is 1.97 bits per heavy atom. The van der Waals surface area contributed by atoms with Gasteiger partial charge in [-0.3, -0.25) is 14.5 Å². The fourth-order valence-electron chi connectivity index (χ4n) is 4.62. The molecule has 0 fully saturated rings. The van der Waals surface area contributed by atoms with Crippen molar-refractivity contribution in [3.05, 3.63) is 77.6 Å². The molecule has 0 radical (unpaired) electrons. The van der Waals surface area contributed by atoms with E-state index in [4.69, 9.17) is 4.74 Å². The monoisotopic (exact) mass is 546 g/mol. The summed E-state index contributed by atoms with van der Waals surface area (Å²) in [5.41, 5.74) is 3.40. The molecule has 10 heteroatoms. The van der Waals surface area contributed by atoms with Crippen LogP contribution in [0.1, 0.15) is 12.0 Å². The van der Waals surface area contributed by atoms with Crippen LogP contribution in [0.5, 0.6) is 5.75 Å². The number of nitrogens with zero attached hydrogens (tertiary/aromatic N) is 4. The highest BCUT2D eigenvalue weighted by atomic mass is 32.1. The van der Waals surface area contributed by atoms with E-state index in [0.717, 1.165) is 29.1 Å². The molecule has 1 atom stereocenters. The van der Waals surface area contributed by atoms with Crippen LogP contribution in [0.3, 0.4) is 0 Å². The van der Waals surface area contributed by atoms with Crippen molar-refractivity contribution in [3.8, 4) is 28.1 Å². The second kappa shape index (κ2) is 11.2. The van der Waals surface area contributed by atoms with Gasteiger partial charge in [-0.1, -0.05) is 36.4 Å². The molecule has 2 aromatic heterocycles. The third-order valence-corrected chi connectivity index (χ3v) is 7.57. The minimum absolute atomic E-state index is 0.297.